The molecule has 0 aromatic carbocycles. The summed E-state index contributed by atoms with van der Waals surface area (Å²) in [6.07, 6.45) is -0.755. The molecule has 0 aliphatic carbocycles. The maximum atomic E-state index is 12.3. The number of pyridine rings is 1. The van der Waals surface area contributed by atoms with E-state index in [1.54, 1.807) is 20.3 Å². The molecule has 0 amide bonds. The average molecular weight is 294 g/mol. The van der Waals surface area contributed by atoms with Crippen LogP contribution in [-0.4, -0.2) is 32.0 Å². The van der Waals surface area contributed by atoms with Crippen LogP contribution in [0.15, 0.2) is 16.7 Å². The lowest BCUT2D eigenvalue weighted by Gasteiger charge is -2.20. The Morgan fingerprint density at radius 2 is 2.25 bits per heavy atom. The second kappa shape index (κ2) is 6.10. The Labute approximate surface area is 102 Å². The SMILES string of the molecule is CNCc1cc(Br)cnc1N(C)CC(F)F. The fourth-order valence-electron chi connectivity index (χ4n) is 1.43. The topological polar surface area (TPSA) is 28.2 Å². The normalized spacial score (nSPS) is 10.9. The van der Waals surface area contributed by atoms with Crippen LogP contribution in [0.4, 0.5) is 14.6 Å². The van der Waals surface area contributed by atoms with Crippen LogP contribution >= 0.6 is 15.9 Å². The van der Waals surface area contributed by atoms with Crippen molar-refractivity contribution < 1.29 is 8.78 Å². The fraction of sp³-hybridized carbons (Fsp3) is 0.500. The van der Waals surface area contributed by atoms with Gasteiger partial charge < -0.3 is 10.2 Å². The molecule has 1 aromatic rings. The number of nitrogens with zero attached hydrogens (tertiary/aromatic N) is 2. The second-order valence-electron chi connectivity index (χ2n) is 3.44. The third kappa shape index (κ3) is 3.68. The van der Waals surface area contributed by atoms with E-state index < -0.39 is 6.43 Å². The van der Waals surface area contributed by atoms with Crippen LogP contribution in [0.25, 0.3) is 0 Å². The molecule has 16 heavy (non-hydrogen) atoms. The minimum atomic E-state index is -2.36. The first-order chi connectivity index (χ1) is 7.54. The molecule has 0 aliphatic rings. The number of alkyl halides is 2. The summed E-state index contributed by atoms with van der Waals surface area (Å²) in [5.74, 6) is 0.581. The van der Waals surface area contributed by atoms with Crippen LogP contribution < -0.4 is 10.2 Å². The van der Waals surface area contributed by atoms with Gasteiger partial charge in [0.25, 0.3) is 6.43 Å². The van der Waals surface area contributed by atoms with E-state index in [4.69, 9.17) is 0 Å². The van der Waals surface area contributed by atoms with Crippen LogP contribution in [0.1, 0.15) is 5.56 Å². The summed E-state index contributed by atoms with van der Waals surface area (Å²) < 4.78 is 25.4. The summed E-state index contributed by atoms with van der Waals surface area (Å²) >= 11 is 3.31. The van der Waals surface area contributed by atoms with E-state index in [2.05, 4.69) is 26.2 Å². The molecule has 0 saturated carbocycles. The van der Waals surface area contributed by atoms with Crippen molar-refractivity contribution >= 4 is 21.7 Å². The third-order valence-corrected chi connectivity index (χ3v) is 2.48. The molecular weight excluding hydrogens is 280 g/mol. The highest BCUT2D eigenvalue weighted by Gasteiger charge is 2.13. The highest BCUT2D eigenvalue weighted by atomic mass is 79.9. The van der Waals surface area contributed by atoms with E-state index in [1.165, 1.54) is 4.90 Å². The Morgan fingerprint density at radius 3 is 2.81 bits per heavy atom. The fourth-order valence-corrected chi connectivity index (χ4v) is 1.81. The number of hydrogen-bond donors (Lipinski definition) is 1. The van der Waals surface area contributed by atoms with Gasteiger partial charge in [0, 0.05) is 29.8 Å². The van der Waals surface area contributed by atoms with Gasteiger partial charge in [-0.25, -0.2) is 13.8 Å². The molecule has 0 atom stereocenters. The molecule has 0 bridgehead atoms. The van der Waals surface area contributed by atoms with Gasteiger partial charge in [0.2, 0.25) is 0 Å². The van der Waals surface area contributed by atoms with E-state index in [0.29, 0.717) is 12.4 Å². The van der Waals surface area contributed by atoms with Crippen molar-refractivity contribution in [1.29, 1.82) is 0 Å². The summed E-state index contributed by atoms with van der Waals surface area (Å²) in [6.45, 7) is 0.278. The van der Waals surface area contributed by atoms with Gasteiger partial charge in [-0.1, -0.05) is 0 Å². The number of rotatable bonds is 5. The Morgan fingerprint density at radius 1 is 1.56 bits per heavy atom. The zero-order valence-corrected chi connectivity index (χ0v) is 10.8. The molecule has 3 nitrogen and oxygen atoms in total. The molecule has 0 aliphatic heterocycles. The van der Waals surface area contributed by atoms with E-state index in [1.807, 2.05) is 6.07 Å². The number of anilines is 1. The Hall–Kier alpha value is -0.750. The van der Waals surface area contributed by atoms with Gasteiger partial charge in [-0.15, -0.1) is 0 Å². The third-order valence-electron chi connectivity index (χ3n) is 2.05. The van der Waals surface area contributed by atoms with Crippen molar-refractivity contribution in [3.05, 3.63) is 22.3 Å². The lowest BCUT2D eigenvalue weighted by atomic mass is 10.2. The predicted octanol–water partition coefficient (Wildman–Crippen LogP) is 2.26. The van der Waals surface area contributed by atoms with Crippen LogP contribution in [0.2, 0.25) is 0 Å². The molecule has 0 spiro atoms. The molecule has 1 rings (SSSR count). The van der Waals surface area contributed by atoms with E-state index >= 15 is 0 Å². The zero-order chi connectivity index (χ0) is 12.1. The van der Waals surface area contributed by atoms with Crippen molar-refractivity contribution in [2.45, 2.75) is 13.0 Å². The van der Waals surface area contributed by atoms with Crippen molar-refractivity contribution in [3.8, 4) is 0 Å². The molecule has 6 heteroatoms. The monoisotopic (exact) mass is 293 g/mol. The van der Waals surface area contributed by atoms with Crippen LogP contribution in [-0.2, 0) is 6.54 Å². The van der Waals surface area contributed by atoms with Crippen molar-refractivity contribution in [2.24, 2.45) is 0 Å². The maximum absolute atomic E-state index is 12.3. The molecule has 0 unspecified atom stereocenters. The van der Waals surface area contributed by atoms with Gasteiger partial charge in [-0.3, -0.25) is 0 Å². The number of hydrogen-bond acceptors (Lipinski definition) is 3. The molecule has 1 aromatic heterocycles. The quantitative estimate of drug-likeness (QED) is 0.903. The van der Waals surface area contributed by atoms with Crippen LogP contribution in [0.3, 0.4) is 0 Å². The average Bonchev–Trinajstić information content (AvgIpc) is 2.17. The maximum Gasteiger partial charge on any atom is 0.255 e. The summed E-state index contributed by atoms with van der Waals surface area (Å²) in [5, 5.41) is 2.98. The number of halogens is 3. The molecule has 0 fully saturated rings. The summed E-state index contributed by atoms with van der Waals surface area (Å²) in [6, 6.07) is 1.88. The van der Waals surface area contributed by atoms with Crippen LogP contribution in [0, 0.1) is 0 Å². The first-order valence-corrected chi connectivity index (χ1v) is 5.62. The smallest absolute Gasteiger partial charge is 0.255 e. The molecule has 0 saturated heterocycles. The summed E-state index contributed by atoms with van der Waals surface area (Å²) in [7, 11) is 3.42. The Kier molecular flexibility index (Phi) is 5.08. The first-order valence-electron chi connectivity index (χ1n) is 4.83. The zero-order valence-electron chi connectivity index (χ0n) is 9.17. The highest BCUT2D eigenvalue weighted by molar-refractivity contribution is 9.10. The lowest BCUT2D eigenvalue weighted by Crippen LogP contribution is -2.26. The minimum Gasteiger partial charge on any atom is -0.354 e. The molecule has 1 heterocycles. The number of aromatic nitrogens is 1. The Balaban J connectivity index is 2.92. The first kappa shape index (κ1) is 13.3. The largest absolute Gasteiger partial charge is 0.354 e. The van der Waals surface area contributed by atoms with Gasteiger partial charge in [-0.2, -0.15) is 0 Å². The van der Waals surface area contributed by atoms with Crippen LogP contribution in [0.5, 0.6) is 0 Å². The molecule has 1 N–H and O–H groups in total. The molecule has 90 valence electrons. The number of nitrogens with one attached hydrogen (secondary N) is 1. The molecule has 0 radical (unpaired) electrons. The predicted molar refractivity (Wildman–Crippen MR) is 64.0 cm³/mol. The van der Waals surface area contributed by atoms with Gasteiger partial charge in [0.15, 0.2) is 0 Å². The van der Waals surface area contributed by atoms with E-state index in [9.17, 15) is 8.78 Å². The van der Waals surface area contributed by atoms with Gasteiger partial charge in [0.1, 0.15) is 5.82 Å². The van der Waals surface area contributed by atoms with Gasteiger partial charge >= 0.3 is 0 Å². The van der Waals surface area contributed by atoms with Crippen molar-refractivity contribution in [3.63, 3.8) is 0 Å². The van der Waals surface area contributed by atoms with Gasteiger partial charge in [0.05, 0.1) is 6.54 Å². The summed E-state index contributed by atoms with van der Waals surface area (Å²) in [4.78, 5) is 5.62. The highest BCUT2D eigenvalue weighted by Crippen LogP contribution is 2.21. The lowest BCUT2D eigenvalue weighted by molar-refractivity contribution is 0.156. The standard InChI is InChI=1S/C10H14BrF2N3/c1-14-4-7-3-8(11)5-15-10(7)16(2)6-9(12)13/h3,5,9,14H,4,6H2,1-2H3. The van der Waals surface area contributed by atoms with E-state index in [-0.39, 0.29) is 6.54 Å². The van der Waals surface area contributed by atoms with Crippen molar-refractivity contribution in [2.75, 3.05) is 25.5 Å². The summed E-state index contributed by atoms with van der Waals surface area (Å²) in [5.41, 5.74) is 0.889. The second-order valence-corrected chi connectivity index (χ2v) is 4.35. The van der Waals surface area contributed by atoms with Crippen molar-refractivity contribution in [1.82, 2.24) is 10.3 Å². The Bertz CT molecular complexity index is 347. The molecular formula is C10H14BrF2N3. The van der Waals surface area contributed by atoms with E-state index in [0.717, 1.165) is 10.0 Å². The minimum absolute atomic E-state index is 0.314. The van der Waals surface area contributed by atoms with Gasteiger partial charge in [-0.05, 0) is 29.0 Å².